The molecule has 2 heterocycles. The normalized spacial score (nSPS) is 16.7. The van der Waals surface area contributed by atoms with Gasteiger partial charge in [0, 0.05) is 16.7 Å². The number of hydrogen-bond acceptors (Lipinski definition) is 4. The zero-order valence-electron chi connectivity index (χ0n) is 15.3. The quantitative estimate of drug-likeness (QED) is 0.304. The number of amides is 1. The summed E-state index contributed by atoms with van der Waals surface area (Å²) < 4.78 is 6.41. The molecule has 4 rings (SSSR count). The maximum atomic E-state index is 13.0. The lowest BCUT2D eigenvalue weighted by molar-refractivity contribution is -0.123. The molecule has 0 radical (unpaired) electrons. The van der Waals surface area contributed by atoms with Gasteiger partial charge in [0.05, 0.1) is 16.0 Å². The highest BCUT2D eigenvalue weighted by molar-refractivity contribution is 8.26. The molecule has 146 valence electrons. The molecule has 1 unspecified atom stereocenters. The molecule has 1 aliphatic heterocycles. The van der Waals surface area contributed by atoms with Crippen molar-refractivity contribution in [2.45, 2.75) is 13.0 Å². The van der Waals surface area contributed by atoms with E-state index in [2.05, 4.69) is 0 Å². The molecule has 1 aromatic heterocycles. The Morgan fingerprint density at radius 2 is 1.86 bits per heavy atom. The summed E-state index contributed by atoms with van der Waals surface area (Å²) in [4.78, 5) is 15.1. The first-order valence-electron chi connectivity index (χ1n) is 8.81. The maximum Gasteiger partial charge on any atom is 0.266 e. The molecule has 0 N–H and O–H groups in total. The predicted octanol–water partition coefficient (Wildman–Crippen LogP) is 7.22. The van der Waals surface area contributed by atoms with Gasteiger partial charge in [-0.3, -0.25) is 9.69 Å². The van der Waals surface area contributed by atoms with Crippen LogP contribution in [-0.2, 0) is 4.79 Å². The molecule has 1 atom stereocenters. The second kappa shape index (κ2) is 8.36. The Balaban J connectivity index is 1.60. The van der Waals surface area contributed by atoms with Crippen LogP contribution in [0.3, 0.4) is 0 Å². The van der Waals surface area contributed by atoms with Crippen LogP contribution in [0.4, 0.5) is 0 Å². The average Bonchev–Trinajstić information content (AvgIpc) is 3.28. The van der Waals surface area contributed by atoms with Crippen molar-refractivity contribution in [3.63, 3.8) is 0 Å². The number of thiocarbonyl (C=S) groups is 1. The Labute approximate surface area is 188 Å². The molecule has 2 aromatic carbocycles. The van der Waals surface area contributed by atoms with Gasteiger partial charge in [-0.2, -0.15) is 0 Å². The van der Waals surface area contributed by atoms with E-state index < -0.39 is 0 Å². The van der Waals surface area contributed by atoms with Crippen molar-refractivity contribution in [3.8, 4) is 11.3 Å². The summed E-state index contributed by atoms with van der Waals surface area (Å²) in [5.41, 5.74) is 1.73. The largest absolute Gasteiger partial charge is 0.457 e. The minimum Gasteiger partial charge on any atom is -0.457 e. The molecule has 7 heteroatoms. The first-order valence-corrected chi connectivity index (χ1v) is 10.8. The average molecular weight is 460 g/mol. The molecule has 1 aliphatic rings. The van der Waals surface area contributed by atoms with Gasteiger partial charge in [0.1, 0.15) is 15.8 Å². The second-order valence-electron chi connectivity index (χ2n) is 6.46. The molecule has 1 fully saturated rings. The summed E-state index contributed by atoms with van der Waals surface area (Å²) in [6.07, 6.45) is 1.71. The van der Waals surface area contributed by atoms with Crippen molar-refractivity contribution in [2.24, 2.45) is 0 Å². The van der Waals surface area contributed by atoms with Gasteiger partial charge in [-0.25, -0.2) is 0 Å². The third-order valence-corrected chi connectivity index (χ3v) is 6.48. The van der Waals surface area contributed by atoms with Crippen molar-refractivity contribution < 1.29 is 9.21 Å². The zero-order valence-corrected chi connectivity index (χ0v) is 18.4. The number of carbonyl (C=O) groups excluding carboxylic acids is 1. The van der Waals surface area contributed by atoms with Crippen molar-refractivity contribution in [1.29, 1.82) is 0 Å². The van der Waals surface area contributed by atoms with Gasteiger partial charge in [0.25, 0.3) is 5.91 Å². The lowest BCUT2D eigenvalue weighted by Gasteiger charge is -2.23. The minimum absolute atomic E-state index is 0.130. The number of rotatable bonds is 4. The van der Waals surface area contributed by atoms with Crippen molar-refractivity contribution in [3.05, 3.63) is 86.9 Å². The summed E-state index contributed by atoms with van der Waals surface area (Å²) in [5, 5.41) is 1.11. The van der Waals surface area contributed by atoms with Gasteiger partial charge in [-0.05, 0) is 42.8 Å². The smallest absolute Gasteiger partial charge is 0.266 e. The number of thioether (sulfide) groups is 1. The minimum atomic E-state index is -0.146. The van der Waals surface area contributed by atoms with Crippen LogP contribution in [0, 0.1) is 0 Å². The topological polar surface area (TPSA) is 33.5 Å². The van der Waals surface area contributed by atoms with Crippen LogP contribution in [0.5, 0.6) is 0 Å². The summed E-state index contributed by atoms with van der Waals surface area (Å²) >= 11 is 19.0. The molecular formula is C22H15Cl2NO2S2. The molecule has 0 spiro atoms. The Kier molecular flexibility index (Phi) is 5.83. The fourth-order valence-electron chi connectivity index (χ4n) is 3.09. The van der Waals surface area contributed by atoms with E-state index in [1.807, 2.05) is 37.3 Å². The highest BCUT2D eigenvalue weighted by atomic mass is 35.5. The van der Waals surface area contributed by atoms with Gasteiger partial charge >= 0.3 is 0 Å². The van der Waals surface area contributed by atoms with E-state index in [0.29, 0.717) is 36.4 Å². The molecule has 0 aliphatic carbocycles. The van der Waals surface area contributed by atoms with E-state index in [4.69, 9.17) is 39.8 Å². The first-order chi connectivity index (χ1) is 13.9. The van der Waals surface area contributed by atoms with Crippen molar-refractivity contribution >= 4 is 63.5 Å². The predicted molar refractivity (Wildman–Crippen MR) is 124 cm³/mol. The molecule has 3 aromatic rings. The molecule has 29 heavy (non-hydrogen) atoms. The molecule has 1 amide bonds. The summed E-state index contributed by atoms with van der Waals surface area (Å²) in [6.45, 7) is 1.97. The number of furan rings is 1. The highest BCUT2D eigenvalue weighted by Crippen LogP contribution is 2.39. The van der Waals surface area contributed by atoms with Gasteiger partial charge in [-0.1, -0.05) is 77.5 Å². The standard InChI is InChI=1S/C22H15Cl2NO2S2/c1-13(14-5-3-2-4-6-14)25-21(26)20(29-22(25)28)12-16-8-10-19(27-16)17-11-15(23)7-9-18(17)24/h2-13H,1H3. The maximum absolute atomic E-state index is 13.0. The fourth-order valence-corrected chi connectivity index (χ4v) is 4.87. The zero-order chi connectivity index (χ0) is 20.5. The molecule has 0 bridgehead atoms. The monoisotopic (exact) mass is 459 g/mol. The van der Waals surface area contributed by atoms with Crippen LogP contribution in [0.25, 0.3) is 17.4 Å². The van der Waals surface area contributed by atoms with Gasteiger partial charge in [0.2, 0.25) is 0 Å². The van der Waals surface area contributed by atoms with Crippen molar-refractivity contribution in [1.82, 2.24) is 4.90 Å². The van der Waals surface area contributed by atoms with E-state index in [0.717, 1.165) is 5.56 Å². The number of nitrogens with zero attached hydrogens (tertiary/aromatic N) is 1. The van der Waals surface area contributed by atoms with Crippen molar-refractivity contribution in [2.75, 3.05) is 0 Å². The van der Waals surface area contributed by atoms with E-state index in [1.165, 1.54) is 11.8 Å². The summed E-state index contributed by atoms with van der Waals surface area (Å²) in [6, 6.07) is 18.4. The molecule has 0 saturated carbocycles. The van der Waals surface area contributed by atoms with E-state index in [9.17, 15) is 4.79 Å². The third-order valence-electron chi connectivity index (χ3n) is 4.59. The SMILES string of the molecule is CC(c1ccccc1)N1C(=O)C(=Cc2ccc(-c3cc(Cl)ccc3Cl)o2)SC1=S. The van der Waals surface area contributed by atoms with Crippen LogP contribution < -0.4 is 0 Å². The Morgan fingerprint density at radius 1 is 1.10 bits per heavy atom. The number of benzene rings is 2. The Morgan fingerprint density at radius 3 is 2.62 bits per heavy atom. The Bertz CT molecular complexity index is 1120. The van der Waals surface area contributed by atoms with Crippen LogP contribution in [-0.4, -0.2) is 15.1 Å². The van der Waals surface area contributed by atoms with E-state index in [1.54, 1.807) is 41.3 Å². The van der Waals surface area contributed by atoms with E-state index in [-0.39, 0.29) is 11.9 Å². The first kappa shape index (κ1) is 20.2. The van der Waals surface area contributed by atoms with Gasteiger partial charge in [-0.15, -0.1) is 0 Å². The molecular weight excluding hydrogens is 445 g/mol. The van der Waals surface area contributed by atoms with Crippen LogP contribution in [0.2, 0.25) is 10.0 Å². The Hall–Kier alpha value is -2.05. The summed E-state index contributed by atoms with van der Waals surface area (Å²) in [7, 11) is 0. The molecule has 1 saturated heterocycles. The number of carbonyl (C=O) groups is 1. The fraction of sp³-hybridized carbons (Fsp3) is 0.0909. The van der Waals surface area contributed by atoms with Crippen LogP contribution in [0.15, 0.2) is 70.0 Å². The third kappa shape index (κ3) is 4.14. The summed E-state index contributed by atoms with van der Waals surface area (Å²) in [5.74, 6) is 0.996. The second-order valence-corrected chi connectivity index (χ2v) is 8.98. The number of halogens is 2. The van der Waals surface area contributed by atoms with E-state index >= 15 is 0 Å². The molecule has 3 nitrogen and oxygen atoms in total. The lowest BCUT2D eigenvalue weighted by atomic mass is 10.1. The lowest BCUT2D eigenvalue weighted by Crippen LogP contribution is -2.30. The van der Waals surface area contributed by atoms with Gasteiger partial charge < -0.3 is 4.42 Å². The van der Waals surface area contributed by atoms with Crippen LogP contribution in [0.1, 0.15) is 24.3 Å². The van der Waals surface area contributed by atoms with Gasteiger partial charge in [0.15, 0.2) is 0 Å². The highest BCUT2D eigenvalue weighted by Gasteiger charge is 2.36. The number of hydrogen-bond donors (Lipinski definition) is 0. The van der Waals surface area contributed by atoms with Crippen LogP contribution >= 0.6 is 47.2 Å².